The second-order valence-electron chi connectivity index (χ2n) is 4.61. The minimum atomic E-state index is -1.36. The van der Waals surface area contributed by atoms with Gasteiger partial charge in [-0.1, -0.05) is 31.8 Å². The third kappa shape index (κ3) is 1.97. The highest BCUT2D eigenvalue weighted by molar-refractivity contribution is 6.78. The van der Waals surface area contributed by atoms with Gasteiger partial charge in [-0.05, 0) is 12.0 Å². The van der Waals surface area contributed by atoms with Gasteiger partial charge < -0.3 is 10.2 Å². The van der Waals surface area contributed by atoms with E-state index in [1.54, 1.807) is 0 Å². The zero-order valence-electron chi connectivity index (χ0n) is 7.99. The van der Waals surface area contributed by atoms with E-state index in [0.717, 1.165) is 0 Å². The average molecular weight is 186 g/mol. The summed E-state index contributed by atoms with van der Waals surface area (Å²) < 4.78 is 0. The molecule has 0 aromatic carbocycles. The van der Waals surface area contributed by atoms with Crippen LogP contribution in [0.3, 0.4) is 0 Å². The molecule has 0 aromatic heterocycles. The van der Waals surface area contributed by atoms with Gasteiger partial charge in [0.05, 0.1) is 20.3 Å². The monoisotopic (exact) mass is 186 g/mol. The van der Waals surface area contributed by atoms with Gasteiger partial charge in [0.25, 0.3) is 0 Å². The van der Waals surface area contributed by atoms with Crippen LogP contribution in [0.15, 0.2) is 12.2 Å². The van der Waals surface area contributed by atoms with Crippen LogP contribution in [-0.2, 0) is 0 Å². The SMILES string of the molecule is C[Si](C)(C)C1C=CCC(O)C1O. The number of hydrogen-bond donors (Lipinski definition) is 2. The van der Waals surface area contributed by atoms with Crippen molar-refractivity contribution in [1.29, 1.82) is 0 Å². The molecule has 3 atom stereocenters. The van der Waals surface area contributed by atoms with E-state index in [1.165, 1.54) is 0 Å². The topological polar surface area (TPSA) is 40.5 Å². The molecule has 2 nitrogen and oxygen atoms in total. The minimum absolute atomic E-state index is 0.209. The maximum Gasteiger partial charge on any atom is 0.0840 e. The van der Waals surface area contributed by atoms with Gasteiger partial charge in [0.15, 0.2) is 0 Å². The van der Waals surface area contributed by atoms with E-state index < -0.39 is 20.3 Å². The van der Waals surface area contributed by atoms with E-state index in [4.69, 9.17) is 0 Å². The Morgan fingerprint density at radius 3 is 2.25 bits per heavy atom. The fraction of sp³-hybridized carbons (Fsp3) is 0.778. The van der Waals surface area contributed by atoms with Crippen molar-refractivity contribution in [2.24, 2.45) is 0 Å². The summed E-state index contributed by atoms with van der Waals surface area (Å²) in [7, 11) is -1.36. The van der Waals surface area contributed by atoms with Gasteiger partial charge in [-0.3, -0.25) is 0 Å². The molecule has 0 aromatic rings. The van der Waals surface area contributed by atoms with Gasteiger partial charge in [0, 0.05) is 0 Å². The summed E-state index contributed by atoms with van der Waals surface area (Å²) in [4.78, 5) is 0. The van der Waals surface area contributed by atoms with Gasteiger partial charge in [-0.15, -0.1) is 0 Å². The third-order valence-corrected chi connectivity index (χ3v) is 5.02. The van der Waals surface area contributed by atoms with Crippen LogP contribution in [0.1, 0.15) is 6.42 Å². The van der Waals surface area contributed by atoms with E-state index in [-0.39, 0.29) is 5.54 Å². The third-order valence-electron chi connectivity index (χ3n) is 2.48. The predicted molar refractivity (Wildman–Crippen MR) is 52.9 cm³/mol. The Kier molecular flexibility index (Phi) is 2.76. The van der Waals surface area contributed by atoms with Crippen molar-refractivity contribution in [2.75, 3.05) is 0 Å². The Morgan fingerprint density at radius 1 is 1.25 bits per heavy atom. The zero-order valence-corrected chi connectivity index (χ0v) is 8.99. The second kappa shape index (κ2) is 3.32. The Labute approximate surface area is 74.9 Å². The number of aliphatic hydroxyl groups is 2. The summed E-state index contributed by atoms with van der Waals surface area (Å²) in [5.41, 5.74) is 0.209. The Morgan fingerprint density at radius 2 is 1.83 bits per heavy atom. The largest absolute Gasteiger partial charge is 0.390 e. The molecule has 1 rings (SSSR count). The first-order chi connectivity index (χ1) is 5.43. The summed E-state index contributed by atoms with van der Waals surface area (Å²) >= 11 is 0. The molecule has 0 saturated carbocycles. The van der Waals surface area contributed by atoms with E-state index >= 15 is 0 Å². The lowest BCUT2D eigenvalue weighted by molar-refractivity contribution is 0.0182. The van der Waals surface area contributed by atoms with Gasteiger partial charge in [0.2, 0.25) is 0 Å². The molecule has 2 N–H and O–H groups in total. The fourth-order valence-electron chi connectivity index (χ4n) is 1.66. The summed E-state index contributed by atoms with van der Waals surface area (Å²) in [5.74, 6) is 0. The molecule has 0 radical (unpaired) electrons. The number of rotatable bonds is 1. The molecule has 3 heteroatoms. The van der Waals surface area contributed by atoms with Crippen LogP contribution in [0.4, 0.5) is 0 Å². The minimum Gasteiger partial charge on any atom is -0.390 e. The molecule has 0 aliphatic heterocycles. The molecule has 3 unspecified atom stereocenters. The molecule has 0 saturated heterocycles. The number of aliphatic hydroxyl groups excluding tert-OH is 2. The maximum atomic E-state index is 9.71. The molecule has 0 heterocycles. The van der Waals surface area contributed by atoms with Crippen molar-refractivity contribution in [3.8, 4) is 0 Å². The van der Waals surface area contributed by atoms with Gasteiger partial charge in [0.1, 0.15) is 0 Å². The van der Waals surface area contributed by atoms with E-state index in [2.05, 4.69) is 25.7 Å². The van der Waals surface area contributed by atoms with E-state index in [9.17, 15) is 10.2 Å². The number of hydrogen-bond acceptors (Lipinski definition) is 2. The summed E-state index contributed by atoms with van der Waals surface area (Å²) in [6.45, 7) is 6.63. The summed E-state index contributed by atoms with van der Waals surface area (Å²) in [6, 6.07) is 0. The molecule has 0 spiro atoms. The van der Waals surface area contributed by atoms with Crippen molar-refractivity contribution < 1.29 is 10.2 Å². The van der Waals surface area contributed by atoms with Crippen molar-refractivity contribution in [1.82, 2.24) is 0 Å². The van der Waals surface area contributed by atoms with Crippen molar-refractivity contribution >= 4 is 8.07 Å². The van der Waals surface area contributed by atoms with Crippen LogP contribution in [0.2, 0.25) is 25.2 Å². The molecule has 1 aliphatic carbocycles. The van der Waals surface area contributed by atoms with Crippen molar-refractivity contribution in [3.63, 3.8) is 0 Å². The van der Waals surface area contributed by atoms with Crippen LogP contribution in [0, 0.1) is 0 Å². The average Bonchev–Trinajstić information content (AvgIpc) is 1.92. The normalized spacial score (nSPS) is 36.9. The van der Waals surface area contributed by atoms with E-state index in [0.29, 0.717) is 6.42 Å². The quantitative estimate of drug-likeness (QED) is 0.480. The Bertz CT molecular complexity index is 183. The first-order valence-electron chi connectivity index (χ1n) is 4.45. The molecular weight excluding hydrogens is 168 g/mol. The lowest BCUT2D eigenvalue weighted by Gasteiger charge is -2.35. The van der Waals surface area contributed by atoms with Crippen molar-refractivity contribution in [3.05, 3.63) is 12.2 Å². The van der Waals surface area contributed by atoms with Gasteiger partial charge in [-0.2, -0.15) is 0 Å². The van der Waals surface area contributed by atoms with Crippen molar-refractivity contribution in [2.45, 2.75) is 43.8 Å². The van der Waals surface area contributed by atoms with Crippen LogP contribution in [-0.4, -0.2) is 30.5 Å². The fourth-order valence-corrected chi connectivity index (χ4v) is 3.62. The predicted octanol–water partition coefficient (Wildman–Crippen LogP) is 1.38. The van der Waals surface area contributed by atoms with Gasteiger partial charge in [-0.25, -0.2) is 0 Å². The molecule has 12 heavy (non-hydrogen) atoms. The lowest BCUT2D eigenvalue weighted by atomic mass is 10.0. The smallest absolute Gasteiger partial charge is 0.0840 e. The standard InChI is InChI=1S/C9H18O2Si/c1-12(2,3)8-6-4-5-7(10)9(8)11/h4,6-11H,5H2,1-3H3. The molecule has 0 fully saturated rings. The second-order valence-corrected chi connectivity index (χ2v) is 10.0. The zero-order chi connectivity index (χ0) is 9.35. The Hall–Kier alpha value is -0.123. The van der Waals surface area contributed by atoms with Crippen LogP contribution in [0.25, 0.3) is 0 Å². The van der Waals surface area contributed by atoms with Crippen LogP contribution in [0.5, 0.6) is 0 Å². The molecule has 1 aliphatic rings. The molecular formula is C9H18O2Si. The van der Waals surface area contributed by atoms with Crippen LogP contribution >= 0.6 is 0 Å². The lowest BCUT2D eigenvalue weighted by Crippen LogP contribution is -2.42. The first kappa shape index (κ1) is 9.96. The Balaban J connectivity index is 2.77. The van der Waals surface area contributed by atoms with Crippen LogP contribution < -0.4 is 0 Å². The van der Waals surface area contributed by atoms with E-state index in [1.807, 2.05) is 6.08 Å². The maximum absolute atomic E-state index is 9.71. The van der Waals surface area contributed by atoms with Gasteiger partial charge >= 0.3 is 0 Å². The highest BCUT2D eigenvalue weighted by atomic mass is 28.3. The first-order valence-corrected chi connectivity index (χ1v) is 8.03. The highest BCUT2D eigenvalue weighted by Crippen LogP contribution is 2.32. The molecule has 70 valence electrons. The summed E-state index contributed by atoms with van der Waals surface area (Å²) in [6.07, 6.45) is 3.57. The highest BCUT2D eigenvalue weighted by Gasteiger charge is 2.36. The summed E-state index contributed by atoms with van der Waals surface area (Å²) in [5, 5.41) is 19.1. The molecule has 0 amide bonds. The molecule has 0 bridgehead atoms.